The van der Waals surface area contributed by atoms with Crippen LogP contribution in [0.25, 0.3) is 5.82 Å². The summed E-state index contributed by atoms with van der Waals surface area (Å²) in [5.74, 6) is 1.51. The number of aromatic nitrogens is 4. The van der Waals surface area contributed by atoms with Crippen molar-refractivity contribution < 1.29 is 9.53 Å². The van der Waals surface area contributed by atoms with Crippen LogP contribution in [0.3, 0.4) is 0 Å². The second kappa shape index (κ2) is 6.91. The van der Waals surface area contributed by atoms with Gasteiger partial charge in [-0.05, 0) is 36.4 Å². The maximum absolute atomic E-state index is 11.6. The van der Waals surface area contributed by atoms with E-state index < -0.39 is 0 Å². The third-order valence-electron chi connectivity index (χ3n) is 3.23. The summed E-state index contributed by atoms with van der Waals surface area (Å²) in [6.07, 6.45) is 3.46. The molecule has 0 bridgehead atoms. The number of ether oxygens (including phenoxy) is 1. The van der Waals surface area contributed by atoms with Crippen LogP contribution in [0.4, 0.5) is 5.69 Å². The minimum Gasteiger partial charge on any atom is -0.438 e. The SMILES string of the molecule is CC(C)C(=O)Nc1ccc(Oc2ccc(-n3cccn3)nn2)cc1. The van der Waals surface area contributed by atoms with Crippen LogP contribution in [0.1, 0.15) is 13.8 Å². The zero-order chi connectivity index (χ0) is 16.9. The maximum atomic E-state index is 11.6. The van der Waals surface area contributed by atoms with Gasteiger partial charge >= 0.3 is 0 Å². The molecule has 0 aliphatic heterocycles. The molecule has 1 amide bonds. The Morgan fingerprint density at radius 3 is 2.50 bits per heavy atom. The number of carbonyl (C=O) groups is 1. The lowest BCUT2D eigenvalue weighted by Crippen LogP contribution is -2.17. The monoisotopic (exact) mass is 323 g/mol. The van der Waals surface area contributed by atoms with Crippen LogP contribution >= 0.6 is 0 Å². The van der Waals surface area contributed by atoms with Gasteiger partial charge < -0.3 is 10.1 Å². The Balaban J connectivity index is 1.64. The van der Waals surface area contributed by atoms with Crippen LogP contribution in [-0.2, 0) is 4.79 Å². The molecule has 1 aromatic carbocycles. The van der Waals surface area contributed by atoms with Gasteiger partial charge in [0, 0.05) is 30.1 Å². The van der Waals surface area contributed by atoms with Gasteiger partial charge in [-0.15, -0.1) is 10.2 Å². The number of amides is 1. The topological polar surface area (TPSA) is 81.9 Å². The van der Waals surface area contributed by atoms with Crippen molar-refractivity contribution in [1.82, 2.24) is 20.0 Å². The minimum absolute atomic E-state index is 0.0243. The zero-order valence-corrected chi connectivity index (χ0v) is 13.4. The summed E-state index contributed by atoms with van der Waals surface area (Å²) in [4.78, 5) is 11.6. The summed E-state index contributed by atoms with van der Waals surface area (Å²) < 4.78 is 7.26. The van der Waals surface area contributed by atoms with Crippen LogP contribution in [0, 0.1) is 5.92 Å². The molecule has 3 aromatic rings. The summed E-state index contributed by atoms with van der Waals surface area (Å²) in [7, 11) is 0. The van der Waals surface area contributed by atoms with Crippen molar-refractivity contribution in [3.8, 4) is 17.4 Å². The molecule has 0 spiro atoms. The van der Waals surface area contributed by atoms with Gasteiger partial charge in [-0.1, -0.05) is 13.8 Å². The van der Waals surface area contributed by atoms with E-state index in [-0.39, 0.29) is 11.8 Å². The molecule has 0 atom stereocenters. The molecular formula is C17H17N5O2. The molecule has 3 rings (SSSR count). The summed E-state index contributed by atoms with van der Waals surface area (Å²) >= 11 is 0. The Labute approximate surface area is 139 Å². The van der Waals surface area contributed by atoms with Gasteiger partial charge in [-0.3, -0.25) is 4.79 Å². The number of carbonyl (C=O) groups excluding carboxylic acids is 1. The number of nitrogens with zero attached hydrogens (tertiary/aromatic N) is 4. The smallest absolute Gasteiger partial charge is 0.238 e. The normalized spacial score (nSPS) is 10.6. The van der Waals surface area contributed by atoms with Crippen molar-refractivity contribution in [2.24, 2.45) is 5.92 Å². The molecule has 0 aliphatic carbocycles. The van der Waals surface area contributed by atoms with Crippen LogP contribution in [-0.4, -0.2) is 25.9 Å². The van der Waals surface area contributed by atoms with E-state index in [9.17, 15) is 4.79 Å². The van der Waals surface area contributed by atoms with Crippen LogP contribution in [0.2, 0.25) is 0 Å². The minimum atomic E-state index is -0.0653. The van der Waals surface area contributed by atoms with Gasteiger partial charge in [0.2, 0.25) is 11.8 Å². The lowest BCUT2D eigenvalue weighted by molar-refractivity contribution is -0.118. The molecule has 122 valence electrons. The number of benzene rings is 1. The first-order valence-electron chi connectivity index (χ1n) is 7.54. The first-order valence-corrected chi connectivity index (χ1v) is 7.54. The zero-order valence-electron chi connectivity index (χ0n) is 13.4. The number of anilines is 1. The van der Waals surface area contributed by atoms with Crippen molar-refractivity contribution in [1.29, 1.82) is 0 Å². The van der Waals surface area contributed by atoms with Gasteiger partial charge in [-0.25, -0.2) is 4.68 Å². The number of hydrogen-bond donors (Lipinski definition) is 1. The van der Waals surface area contributed by atoms with Crippen LogP contribution < -0.4 is 10.1 Å². The molecule has 0 saturated heterocycles. The molecule has 7 heteroatoms. The molecule has 0 fully saturated rings. The van der Waals surface area contributed by atoms with E-state index in [0.29, 0.717) is 17.4 Å². The quantitative estimate of drug-likeness (QED) is 0.780. The lowest BCUT2D eigenvalue weighted by Gasteiger charge is -2.09. The van der Waals surface area contributed by atoms with E-state index >= 15 is 0 Å². The molecule has 2 aromatic heterocycles. The highest BCUT2D eigenvalue weighted by molar-refractivity contribution is 5.92. The first-order chi connectivity index (χ1) is 11.6. The Morgan fingerprint density at radius 2 is 1.92 bits per heavy atom. The predicted molar refractivity (Wildman–Crippen MR) is 89.1 cm³/mol. The molecule has 0 aliphatic rings. The Morgan fingerprint density at radius 1 is 1.12 bits per heavy atom. The third kappa shape index (κ3) is 3.75. The van der Waals surface area contributed by atoms with Crippen molar-refractivity contribution in [2.75, 3.05) is 5.32 Å². The van der Waals surface area contributed by atoms with Crippen LogP contribution in [0.15, 0.2) is 54.9 Å². The summed E-state index contributed by atoms with van der Waals surface area (Å²) in [5, 5.41) is 15.0. The highest BCUT2D eigenvalue weighted by Gasteiger charge is 2.07. The molecule has 0 radical (unpaired) electrons. The number of hydrogen-bond acceptors (Lipinski definition) is 5. The van der Waals surface area contributed by atoms with Crippen LogP contribution in [0.5, 0.6) is 11.6 Å². The summed E-state index contributed by atoms with van der Waals surface area (Å²) in [5.41, 5.74) is 0.723. The van der Waals surface area contributed by atoms with E-state index in [1.165, 1.54) is 0 Å². The first kappa shape index (κ1) is 15.7. The Kier molecular flexibility index (Phi) is 4.51. The fourth-order valence-electron chi connectivity index (χ4n) is 1.91. The Hall–Kier alpha value is -3.22. The highest BCUT2D eigenvalue weighted by Crippen LogP contribution is 2.21. The largest absolute Gasteiger partial charge is 0.438 e. The van der Waals surface area contributed by atoms with Gasteiger partial charge in [-0.2, -0.15) is 5.10 Å². The average Bonchev–Trinajstić information content (AvgIpc) is 3.12. The van der Waals surface area contributed by atoms with E-state index in [0.717, 1.165) is 5.69 Å². The van der Waals surface area contributed by atoms with E-state index in [1.807, 2.05) is 19.9 Å². The Bertz CT molecular complexity index is 796. The summed E-state index contributed by atoms with van der Waals surface area (Å²) in [6, 6.07) is 12.4. The molecule has 7 nitrogen and oxygen atoms in total. The van der Waals surface area contributed by atoms with Crippen molar-refractivity contribution >= 4 is 11.6 Å². The van der Waals surface area contributed by atoms with Gasteiger partial charge in [0.1, 0.15) is 5.75 Å². The third-order valence-corrected chi connectivity index (χ3v) is 3.23. The fraction of sp³-hybridized carbons (Fsp3) is 0.176. The van der Waals surface area contributed by atoms with E-state index in [4.69, 9.17) is 4.74 Å². The second-order valence-corrected chi connectivity index (χ2v) is 5.45. The highest BCUT2D eigenvalue weighted by atomic mass is 16.5. The molecule has 0 unspecified atom stereocenters. The molecule has 2 heterocycles. The molecule has 1 N–H and O–H groups in total. The van der Waals surface area contributed by atoms with Crippen molar-refractivity contribution in [3.05, 3.63) is 54.9 Å². The number of rotatable bonds is 5. The fourth-order valence-corrected chi connectivity index (χ4v) is 1.91. The second-order valence-electron chi connectivity index (χ2n) is 5.45. The lowest BCUT2D eigenvalue weighted by atomic mass is 10.2. The molecule has 0 saturated carbocycles. The van der Waals surface area contributed by atoms with E-state index in [1.54, 1.807) is 53.5 Å². The predicted octanol–water partition coefficient (Wildman–Crippen LogP) is 3.05. The van der Waals surface area contributed by atoms with Crippen molar-refractivity contribution in [2.45, 2.75) is 13.8 Å². The molecular weight excluding hydrogens is 306 g/mol. The van der Waals surface area contributed by atoms with E-state index in [2.05, 4.69) is 20.6 Å². The van der Waals surface area contributed by atoms with Gasteiger partial charge in [0.15, 0.2) is 5.82 Å². The number of nitrogens with one attached hydrogen (secondary N) is 1. The van der Waals surface area contributed by atoms with Gasteiger partial charge in [0.25, 0.3) is 0 Å². The molecule has 24 heavy (non-hydrogen) atoms. The standard InChI is InChI=1S/C17H17N5O2/c1-12(2)17(23)19-13-4-6-14(7-5-13)24-16-9-8-15(20-21-16)22-11-3-10-18-22/h3-12H,1-2H3,(H,19,23). The maximum Gasteiger partial charge on any atom is 0.238 e. The average molecular weight is 323 g/mol. The van der Waals surface area contributed by atoms with Gasteiger partial charge in [0.05, 0.1) is 0 Å². The summed E-state index contributed by atoms with van der Waals surface area (Å²) in [6.45, 7) is 3.69. The van der Waals surface area contributed by atoms with Crippen molar-refractivity contribution in [3.63, 3.8) is 0 Å².